The standard InChI is InChI=1S/C6H5NO5S.Na/c8-7(9)5-2-1-3-6(4-5)13(10,11)12;/h1-4H,(H,10,11,12);. The number of nitro benzene ring substituents is 1. The number of rotatable bonds is 2. The molecule has 0 fully saturated rings. The quantitative estimate of drug-likeness (QED) is 0.342. The van der Waals surface area contributed by atoms with Gasteiger partial charge >= 0.3 is 0 Å². The number of non-ortho nitro benzene ring substituents is 1. The molecule has 71 valence electrons. The van der Waals surface area contributed by atoms with Crippen molar-refractivity contribution in [1.29, 1.82) is 0 Å². The fraction of sp³-hybridized carbons (Fsp3) is 0. The van der Waals surface area contributed by atoms with Crippen LogP contribution < -0.4 is 0 Å². The number of hydrogen-bond acceptors (Lipinski definition) is 4. The molecule has 0 amide bonds. The van der Waals surface area contributed by atoms with Crippen LogP contribution in [-0.2, 0) is 10.1 Å². The zero-order valence-corrected chi connectivity index (χ0v) is 10.1. The monoisotopic (exact) mass is 226 g/mol. The van der Waals surface area contributed by atoms with E-state index in [0.717, 1.165) is 18.2 Å². The van der Waals surface area contributed by atoms with Gasteiger partial charge in [-0.05, 0) is 6.07 Å². The molecule has 0 aliphatic heterocycles. The minimum absolute atomic E-state index is 0. The Morgan fingerprint density at radius 3 is 2.36 bits per heavy atom. The molecule has 0 saturated carbocycles. The molecule has 1 aromatic carbocycles. The van der Waals surface area contributed by atoms with Crippen LogP contribution in [0.2, 0.25) is 0 Å². The van der Waals surface area contributed by atoms with Crippen LogP contribution in [0.5, 0.6) is 0 Å². The predicted molar refractivity (Wildman–Crippen MR) is 48.7 cm³/mol. The Kier molecular flexibility index (Phi) is 4.69. The van der Waals surface area contributed by atoms with Gasteiger partial charge in [0, 0.05) is 41.7 Å². The number of hydrogen-bond donors (Lipinski definition) is 1. The van der Waals surface area contributed by atoms with Gasteiger partial charge in [0.05, 0.1) is 4.92 Å². The summed E-state index contributed by atoms with van der Waals surface area (Å²) in [5.74, 6) is 0. The van der Waals surface area contributed by atoms with Crippen LogP contribution in [-0.4, -0.2) is 47.5 Å². The molecule has 0 spiro atoms. The SMILES string of the molecule is O=[N+]([O-])c1cccc(S(=O)(=O)O)c1.[Na]. The summed E-state index contributed by atoms with van der Waals surface area (Å²) in [5, 5.41) is 10.2. The zero-order chi connectivity index (χ0) is 10.1. The maximum atomic E-state index is 10.5. The Labute approximate surface area is 102 Å². The molecule has 0 saturated heterocycles. The van der Waals surface area contributed by atoms with E-state index in [1.165, 1.54) is 6.07 Å². The summed E-state index contributed by atoms with van der Waals surface area (Å²) in [5.41, 5.74) is -0.380. The van der Waals surface area contributed by atoms with Crippen molar-refractivity contribution in [1.82, 2.24) is 0 Å². The van der Waals surface area contributed by atoms with Gasteiger partial charge in [0.2, 0.25) is 0 Å². The Hall–Kier alpha value is -0.470. The van der Waals surface area contributed by atoms with Gasteiger partial charge in [-0.15, -0.1) is 0 Å². The van der Waals surface area contributed by atoms with E-state index in [4.69, 9.17) is 4.55 Å². The van der Waals surface area contributed by atoms with E-state index in [9.17, 15) is 18.5 Å². The van der Waals surface area contributed by atoms with Gasteiger partial charge in [0.15, 0.2) is 0 Å². The maximum absolute atomic E-state index is 10.5. The van der Waals surface area contributed by atoms with Crippen LogP contribution in [0.3, 0.4) is 0 Å². The Morgan fingerprint density at radius 2 is 1.93 bits per heavy atom. The molecular formula is C6H5NNaO5S. The van der Waals surface area contributed by atoms with E-state index in [2.05, 4.69) is 0 Å². The first-order chi connectivity index (χ1) is 5.91. The molecular weight excluding hydrogens is 221 g/mol. The minimum atomic E-state index is -4.36. The van der Waals surface area contributed by atoms with Gasteiger partial charge < -0.3 is 0 Å². The molecule has 1 aromatic rings. The van der Waals surface area contributed by atoms with E-state index < -0.39 is 19.9 Å². The van der Waals surface area contributed by atoms with Crippen molar-refractivity contribution in [3.8, 4) is 0 Å². The molecule has 14 heavy (non-hydrogen) atoms. The molecule has 0 aromatic heterocycles. The third-order valence-electron chi connectivity index (χ3n) is 1.33. The molecule has 8 heteroatoms. The minimum Gasteiger partial charge on any atom is -0.282 e. The average Bonchev–Trinajstić information content (AvgIpc) is 2.03. The summed E-state index contributed by atoms with van der Waals surface area (Å²) < 4.78 is 29.6. The molecule has 0 atom stereocenters. The Balaban J connectivity index is 0.00000169. The van der Waals surface area contributed by atoms with Gasteiger partial charge in [-0.1, -0.05) is 6.07 Å². The van der Waals surface area contributed by atoms with Crippen molar-refractivity contribution in [2.24, 2.45) is 0 Å². The third-order valence-corrected chi connectivity index (χ3v) is 2.18. The summed E-state index contributed by atoms with van der Waals surface area (Å²) in [4.78, 5) is 8.98. The van der Waals surface area contributed by atoms with Crippen LogP contribution in [0.1, 0.15) is 0 Å². The Bertz CT molecular complexity index is 443. The van der Waals surface area contributed by atoms with Crippen LogP contribution in [0.25, 0.3) is 0 Å². The molecule has 1 radical (unpaired) electrons. The second kappa shape index (κ2) is 4.85. The summed E-state index contributed by atoms with van der Waals surface area (Å²) in [6.45, 7) is 0. The molecule has 0 aliphatic rings. The Morgan fingerprint density at radius 1 is 1.36 bits per heavy atom. The topological polar surface area (TPSA) is 97.5 Å². The smallest absolute Gasteiger partial charge is 0.282 e. The first-order valence-corrected chi connectivity index (χ1v) is 4.57. The van der Waals surface area contributed by atoms with Crippen LogP contribution in [0.4, 0.5) is 5.69 Å². The van der Waals surface area contributed by atoms with E-state index in [1.54, 1.807) is 0 Å². The van der Waals surface area contributed by atoms with E-state index >= 15 is 0 Å². The van der Waals surface area contributed by atoms with Crippen molar-refractivity contribution in [2.45, 2.75) is 4.90 Å². The van der Waals surface area contributed by atoms with Gasteiger partial charge in [-0.3, -0.25) is 14.7 Å². The third kappa shape index (κ3) is 3.35. The summed E-state index contributed by atoms with van der Waals surface area (Å²) in [6, 6.07) is 4.17. The van der Waals surface area contributed by atoms with Crippen LogP contribution in [0, 0.1) is 10.1 Å². The number of nitro groups is 1. The van der Waals surface area contributed by atoms with E-state index in [1.807, 2.05) is 0 Å². The molecule has 0 aliphatic carbocycles. The molecule has 0 heterocycles. The fourth-order valence-corrected chi connectivity index (χ4v) is 1.28. The van der Waals surface area contributed by atoms with Gasteiger partial charge in [-0.25, -0.2) is 0 Å². The van der Waals surface area contributed by atoms with Crippen molar-refractivity contribution in [2.75, 3.05) is 0 Å². The average molecular weight is 226 g/mol. The van der Waals surface area contributed by atoms with Gasteiger partial charge in [-0.2, -0.15) is 8.42 Å². The first-order valence-electron chi connectivity index (χ1n) is 3.13. The van der Waals surface area contributed by atoms with E-state index in [-0.39, 0.29) is 35.2 Å². The largest absolute Gasteiger partial charge is 0.294 e. The summed E-state index contributed by atoms with van der Waals surface area (Å²) in [7, 11) is -4.36. The van der Waals surface area contributed by atoms with Crippen molar-refractivity contribution < 1.29 is 17.9 Å². The molecule has 0 bridgehead atoms. The number of nitrogens with zero attached hydrogens (tertiary/aromatic N) is 1. The van der Waals surface area contributed by atoms with Gasteiger partial charge in [0.1, 0.15) is 4.90 Å². The molecule has 0 unspecified atom stereocenters. The van der Waals surface area contributed by atoms with Crippen molar-refractivity contribution in [3.05, 3.63) is 34.4 Å². The molecule has 1 rings (SSSR count). The maximum Gasteiger partial charge on any atom is 0.294 e. The second-order valence-electron chi connectivity index (χ2n) is 2.23. The number of benzene rings is 1. The van der Waals surface area contributed by atoms with Crippen LogP contribution in [0.15, 0.2) is 29.2 Å². The summed E-state index contributed by atoms with van der Waals surface area (Å²) >= 11 is 0. The fourth-order valence-electron chi connectivity index (χ4n) is 0.758. The predicted octanol–water partition coefficient (Wildman–Crippen LogP) is 0.461. The zero-order valence-electron chi connectivity index (χ0n) is 7.25. The first kappa shape index (κ1) is 13.5. The van der Waals surface area contributed by atoms with Gasteiger partial charge in [0.25, 0.3) is 15.8 Å². The normalized spacial score (nSPS) is 10.4. The summed E-state index contributed by atoms with van der Waals surface area (Å²) in [6.07, 6.45) is 0. The second-order valence-corrected chi connectivity index (χ2v) is 3.65. The van der Waals surface area contributed by atoms with E-state index in [0.29, 0.717) is 0 Å². The molecule has 6 nitrogen and oxygen atoms in total. The van der Waals surface area contributed by atoms with Crippen LogP contribution >= 0.6 is 0 Å². The molecule has 1 N–H and O–H groups in total. The van der Waals surface area contributed by atoms with Crippen molar-refractivity contribution in [3.63, 3.8) is 0 Å². The van der Waals surface area contributed by atoms with Crippen molar-refractivity contribution >= 4 is 45.4 Å².